The van der Waals surface area contributed by atoms with Crippen molar-refractivity contribution in [3.63, 3.8) is 0 Å². The second-order valence-electron chi connectivity index (χ2n) is 4.80. The summed E-state index contributed by atoms with van der Waals surface area (Å²) in [5.41, 5.74) is 0.507. The van der Waals surface area contributed by atoms with Crippen LogP contribution in [0.15, 0.2) is 30.5 Å². The number of anilines is 1. The highest BCUT2D eigenvalue weighted by molar-refractivity contribution is 6.30. The highest BCUT2D eigenvalue weighted by Gasteiger charge is 2.20. The molecule has 0 bridgehead atoms. The maximum absolute atomic E-state index is 13.7. The standard InChI is InChI=1S/C15H9ClF3N3O/c1-7-14(22-6-8(16)2-5-11(22)20-7)15(23)21-10-4-3-9(17)12(18)13(10)19/h2-6H,1H3,(H,21,23). The Hall–Kier alpha value is -2.54. The summed E-state index contributed by atoms with van der Waals surface area (Å²) in [5, 5.41) is 2.59. The van der Waals surface area contributed by atoms with Crippen LogP contribution in [0.3, 0.4) is 0 Å². The Morgan fingerprint density at radius 2 is 1.91 bits per heavy atom. The highest BCUT2D eigenvalue weighted by Crippen LogP contribution is 2.22. The van der Waals surface area contributed by atoms with Gasteiger partial charge in [0.05, 0.1) is 16.4 Å². The zero-order chi connectivity index (χ0) is 16.7. The summed E-state index contributed by atoms with van der Waals surface area (Å²) in [6.45, 7) is 1.59. The van der Waals surface area contributed by atoms with Gasteiger partial charge >= 0.3 is 0 Å². The van der Waals surface area contributed by atoms with Crippen LogP contribution >= 0.6 is 11.6 Å². The summed E-state index contributed by atoms with van der Waals surface area (Å²) >= 11 is 5.90. The monoisotopic (exact) mass is 339 g/mol. The van der Waals surface area contributed by atoms with Crippen molar-refractivity contribution in [1.29, 1.82) is 0 Å². The van der Waals surface area contributed by atoms with Crippen LogP contribution in [0.25, 0.3) is 5.65 Å². The lowest BCUT2D eigenvalue weighted by Crippen LogP contribution is -2.17. The Kier molecular flexibility index (Phi) is 3.73. The van der Waals surface area contributed by atoms with Crippen molar-refractivity contribution >= 4 is 28.8 Å². The van der Waals surface area contributed by atoms with E-state index in [4.69, 9.17) is 11.6 Å². The van der Waals surface area contributed by atoms with Crippen molar-refractivity contribution in [2.45, 2.75) is 6.92 Å². The second-order valence-corrected chi connectivity index (χ2v) is 5.23. The molecule has 1 aromatic carbocycles. The molecule has 2 aromatic heterocycles. The SMILES string of the molecule is Cc1nc2ccc(Cl)cn2c1C(=O)Nc1ccc(F)c(F)c1F. The van der Waals surface area contributed by atoms with E-state index in [0.717, 1.165) is 12.1 Å². The van der Waals surface area contributed by atoms with E-state index in [9.17, 15) is 18.0 Å². The average Bonchev–Trinajstić information content (AvgIpc) is 2.83. The summed E-state index contributed by atoms with van der Waals surface area (Å²) in [6.07, 6.45) is 1.48. The molecule has 118 valence electrons. The molecule has 1 N–H and O–H groups in total. The zero-order valence-corrected chi connectivity index (χ0v) is 12.5. The van der Waals surface area contributed by atoms with Crippen molar-refractivity contribution < 1.29 is 18.0 Å². The quantitative estimate of drug-likeness (QED) is 0.718. The van der Waals surface area contributed by atoms with Gasteiger partial charge in [0.25, 0.3) is 5.91 Å². The molecule has 0 unspecified atom stereocenters. The van der Waals surface area contributed by atoms with Crippen LogP contribution in [0.2, 0.25) is 5.02 Å². The molecule has 4 nitrogen and oxygen atoms in total. The van der Waals surface area contributed by atoms with E-state index in [1.807, 2.05) is 0 Å². The first-order chi connectivity index (χ1) is 10.9. The van der Waals surface area contributed by atoms with E-state index in [0.29, 0.717) is 16.4 Å². The predicted molar refractivity (Wildman–Crippen MR) is 79.2 cm³/mol. The van der Waals surface area contributed by atoms with Crippen LogP contribution in [0.4, 0.5) is 18.9 Å². The van der Waals surface area contributed by atoms with Gasteiger partial charge in [0.15, 0.2) is 17.5 Å². The van der Waals surface area contributed by atoms with E-state index in [-0.39, 0.29) is 5.69 Å². The van der Waals surface area contributed by atoms with Crippen molar-refractivity contribution in [3.8, 4) is 0 Å². The lowest BCUT2D eigenvalue weighted by Gasteiger charge is -2.08. The predicted octanol–water partition coefficient (Wildman–Crippen LogP) is 3.97. The molecule has 3 aromatic rings. The molecule has 0 spiro atoms. The van der Waals surface area contributed by atoms with Gasteiger partial charge in [0, 0.05) is 6.20 Å². The van der Waals surface area contributed by atoms with Crippen LogP contribution in [-0.2, 0) is 0 Å². The first kappa shape index (κ1) is 15.4. The number of carbonyl (C=O) groups is 1. The Bertz CT molecular complexity index is 939. The van der Waals surface area contributed by atoms with Gasteiger partial charge in [-0.1, -0.05) is 11.6 Å². The molecule has 2 heterocycles. The van der Waals surface area contributed by atoms with Crippen LogP contribution in [-0.4, -0.2) is 15.3 Å². The molecule has 0 atom stereocenters. The number of hydrogen-bond donors (Lipinski definition) is 1. The van der Waals surface area contributed by atoms with Gasteiger partial charge in [0.1, 0.15) is 11.3 Å². The fourth-order valence-corrected chi connectivity index (χ4v) is 2.37. The van der Waals surface area contributed by atoms with Crippen LogP contribution in [0, 0.1) is 24.4 Å². The Labute approximate surface area is 133 Å². The van der Waals surface area contributed by atoms with Crippen molar-refractivity contribution in [2.75, 3.05) is 5.32 Å². The minimum absolute atomic E-state index is 0.117. The van der Waals surface area contributed by atoms with E-state index in [1.165, 1.54) is 10.6 Å². The number of nitrogens with zero attached hydrogens (tertiary/aromatic N) is 2. The molecule has 0 aliphatic rings. The molecule has 23 heavy (non-hydrogen) atoms. The molecule has 0 saturated carbocycles. The van der Waals surface area contributed by atoms with Gasteiger partial charge in [-0.15, -0.1) is 0 Å². The van der Waals surface area contributed by atoms with Gasteiger partial charge in [-0.05, 0) is 31.2 Å². The first-order valence-electron chi connectivity index (χ1n) is 6.47. The number of pyridine rings is 1. The Morgan fingerprint density at radius 3 is 2.65 bits per heavy atom. The number of nitrogens with one attached hydrogen (secondary N) is 1. The van der Waals surface area contributed by atoms with Gasteiger partial charge < -0.3 is 5.32 Å². The second kappa shape index (κ2) is 5.58. The minimum Gasteiger partial charge on any atom is -0.318 e. The molecule has 0 aliphatic carbocycles. The number of imidazole rings is 1. The summed E-state index contributed by atoms with van der Waals surface area (Å²) in [4.78, 5) is 16.6. The summed E-state index contributed by atoms with van der Waals surface area (Å²) in [6, 6.07) is 4.90. The number of halogens is 4. The number of fused-ring (bicyclic) bond motifs is 1. The topological polar surface area (TPSA) is 46.4 Å². The van der Waals surface area contributed by atoms with Gasteiger partial charge in [-0.3, -0.25) is 9.20 Å². The number of carbonyl (C=O) groups excluding carboxylic acids is 1. The van der Waals surface area contributed by atoms with Crippen LogP contribution in [0.1, 0.15) is 16.2 Å². The molecule has 0 aliphatic heterocycles. The molecule has 0 fully saturated rings. The van der Waals surface area contributed by atoms with Crippen molar-refractivity contribution in [3.05, 3.63) is 64.3 Å². The number of benzene rings is 1. The number of amides is 1. The minimum atomic E-state index is -1.65. The average molecular weight is 340 g/mol. The highest BCUT2D eigenvalue weighted by atomic mass is 35.5. The van der Waals surface area contributed by atoms with Crippen molar-refractivity contribution in [2.24, 2.45) is 0 Å². The fourth-order valence-electron chi connectivity index (χ4n) is 2.21. The van der Waals surface area contributed by atoms with Crippen molar-refractivity contribution in [1.82, 2.24) is 9.38 Å². The number of aryl methyl sites for hydroxylation is 1. The smallest absolute Gasteiger partial charge is 0.274 e. The normalized spacial score (nSPS) is 11.0. The van der Waals surface area contributed by atoms with E-state index in [1.54, 1.807) is 19.1 Å². The van der Waals surface area contributed by atoms with Gasteiger partial charge in [-0.25, -0.2) is 18.2 Å². The maximum atomic E-state index is 13.7. The molecular formula is C15H9ClF3N3O. The summed E-state index contributed by atoms with van der Waals surface area (Å²) in [7, 11) is 0. The van der Waals surface area contributed by atoms with Crippen LogP contribution in [0.5, 0.6) is 0 Å². The third kappa shape index (κ3) is 2.63. The zero-order valence-electron chi connectivity index (χ0n) is 11.7. The molecule has 0 saturated heterocycles. The maximum Gasteiger partial charge on any atom is 0.274 e. The van der Waals surface area contributed by atoms with Crippen LogP contribution < -0.4 is 5.32 Å². The van der Waals surface area contributed by atoms with E-state index < -0.39 is 29.0 Å². The third-order valence-electron chi connectivity index (χ3n) is 3.26. The fraction of sp³-hybridized carbons (Fsp3) is 0.0667. The largest absolute Gasteiger partial charge is 0.318 e. The van der Waals surface area contributed by atoms with E-state index >= 15 is 0 Å². The van der Waals surface area contributed by atoms with E-state index in [2.05, 4.69) is 10.3 Å². The van der Waals surface area contributed by atoms with Gasteiger partial charge in [0.2, 0.25) is 0 Å². The van der Waals surface area contributed by atoms with Gasteiger partial charge in [-0.2, -0.15) is 0 Å². The summed E-state index contributed by atoms with van der Waals surface area (Å²) < 4.78 is 41.3. The molecule has 3 rings (SSSR count). The Balaban J connectivity index is 2.03. The third-order valence-corrected chi connectivity index (χ3v) is 3.48. The Morgan fingerprint density at radius 1 is 1.17 bits per heavy atom. The number of rotatable bonds is 2. The lowest BCUT2D eigenvalue weighted by atomic mass is 10.2. The first-order valence-corrected chi connectivity index (χ1v) is 6.85. The summed E-state index contributed by atoms with van der Waals surface area (Å²) in [5.74, 6) is -5.18. The molecule has 0 radical (unpaired) electrons. The molecular weight excluding hydrogens is 331 g/mol. The molecule has 1 amide bonds. The number of aromatic nitrogens is 2. The number of hydrogen-bond acceptors (Lipinski definition) is 2. The lowest BCUT2D eigenvalue weighted by molar-refractivity contribution is 0.102. The molecule has 8 heteroatoms.